The van der Waals surface area contributed by atoms with Crippen LogP contribution >= 0.6 is 15.9 Å². The molecule has 1 heterocycles. The number of hydrogen-bond donors (Lipinski definition) is 1. The highest BCUT2D eigenvalue weighted by Crippen LogP contribution is 2.46. The summed E-state index contributed by atoms with van der Waals surface area (Å²) in [6.45, 7) is 4.92. The van der Waals surface area contributed by atoms with Gasteiger partial charge in [-0.1, -0.05) is 42.8 Å². The Balaban J connectivity index is 2.66. The van der Waals surface area contributed by atoms with Gasteiger partial charge >= 0.3 is 6.18 Å². The first-order valence-corrected chi connectivity index (χ1v) is 7.66. The Hall–Kier alpha value is -1.41. The maximum atomic E-state index is 13.5. The van der Waals surface area contributed by atoms with Crippen molar-refractivity contribution in [3.63, 3.8) is 0 Å². The summed E-state index contributed by atoms with van der Waals surface area (Å²) in [5.41, 5.74) is -3.71. The number of aromatic nitrogens is 3. The molecule has 126 valence electrons. The summed E-state index contributed by atoms with van der Waals surface area (Å²) in [7, 11) is 0. The third kappa shape index (κ3) is 3.58. The van der Waals surface area contributed by atoms with Crippen molar-refractivity contribution in [1.82, 2.24) is 14.8 Å². The molecule has 1 atom stereocenters. The van der Waals surface area contributed by atoms with Crippen LogP contribution in [0.5, 0.6) is 0 Å². The Morgan fingerprint density at radius 3 is 2.30 bits per heavy atom. The topological polar surface area (TPSA) is 50.9 Å². The van der Waals surface area contributed by atoms with Crippen molar-refractivity contribution in [3.05, 3.63) is 46.5 Å². The first kappa shape index (κ1) is 17.9. The van der Waals surface area contributed by atoms with Gasteiger partial charge in [-0.3, -0.25) is 0 Å². The Morgan fingerprint density at radius 1 is 1.17 bits per heavy atom. The van der Waals surface area contributed by atoms with Gasteiger partial charge in [0.05, 0.1) is 12.1 Å². The van der Waals surface area contributed by atoms with E-state index >= 15 is 0 Å². The highest BCUT2D eigenvalue weighted by Gasteiger charge is 2.47. The summed E-state index contributed by atoms with van der Waals surface area (Å²) in [6.07, 6.45) is -1.95. The third-order valence-corrected chi connectivity index (χ3v) is 4.32. The van der Waals surface area contributed by atoms with Crippen molar-refractivity contribution in [3.8, 4) is 0 Å². The standard InChI is InChI=1S/C15H17BrF3N3O/c1-13(2,3)14(23,7-22-9-20-8-21-22)11-5-4-10(16)6-12(11)15(17,18)19/h4-6,8-9,23H,7H2,1-3H3/t14-/m1/s1. The molecule has 0 aliphatic carbocycles. The minimum atomic E-state index is -4.58. The van der Waals surface area contributed by atoms with Crippen LogP contribution in [0.15, 0.2) is 35.3 Å². The van der Waals surface area contributed by atoms with Crippen LogP contribution in [0.25, 0.3) is 0 Å². The predicted molar refractivity (Wildman–Crippen MR) is 82.5 cm³/mol. The lowest BCUT2D eigenvalue weighted by Crippen LogP contribution is -2.45. The van der Waals surface area contributed by atoms with Gasteiger partial charge in [-0.2, -0.15) is 18.3 Å². The molecular formula is C15H17BrF3N3O. The van der Waals surface area contributed by atoms with Crippen molar-refractivity contribution < 1.29 is 18.3 Å². The molecule has 0 saturated heterocycles. The summed E-state index contributed by atoms with van der Waals surface area (Å²) >= 11 is 3.06. The average Bonchev–Trinajstić information content (AvgIpc) is 2.88. The normalized spacial score (nSPS) is 15.5. The van der Waals surface area contributed by atoms with Crippen LogP contribution in [-0.4, -0.2) is 19.9 Å². The van der Waals surface area contributed by atoms with Crippen LogP contribution in [0.4, 0.5) is 13.2 Å². The summed E-state index contributed by atoms with van der Waals surface area (Å²) in [5, 5.41) is 15.1. The minimum absolute atomic E-state index is 0.138. The number of aliphatic hydroxyl groups is 1. The molecular weight excluding hydrogens is 375 g/mol. The van der Waals surface area contributed by atoms with Crippen LogP contribution < -0.4 is 0 Å². The third-order valence-electron chi connectivity index (χ3n) is 3.83. The smallest absolute Gasteiger partial charge is 0.383 e. The number of rotatable bonds is 3. The van der Waals surface area contributed by atoms with E-state index in [-0.39, 0.29) is 12.1 Å². The molecule has 0 aliphatic rings. The molecule has 1 aromatic carbocycles. The molecule has 0 fully saturated rings. The van der Waals surface area contributed by atoms with Crippen LogP contribution in [-0.2, 0) is 18.3 Å². The highest BCUT2D eigenvalue weighted by molar-refractivity contribution is 9.10. The molecule has 8 heteroatoms. The molecule has 0 amide bonds. The van der Waals surface area contributed by atoms with Crippen molar-refractivity contribution >= 4 is 15.9 Å². The van der Waals surface area contributed by atoms with E-state index in [2.05, 4.69) is 26.0 Å². The molecule has 4 nitrogen and oxygen atoms in total. The fourth-order valence-electron chi connectivity index (χ4n) is 2.39. The predicted octanol–water partition coefficient (Wildman–Crippen LogP) is 3.99. The second kappa shape index (κ2) is 5.90. The average molecular weight is 392 g/mol. The van der Waals surface area contributed by atoms with Crippen molar-refractivity contribution in [1.29, 1.82) is 0 Å². The number of hydrogen-bond acceptors (Lipinski definition) is 3. The Labute approximate surface area is 140 Å². The molecule has 2 rings (SSSR count). The number of benzene rings is 1. The Kier molecular flexibility index (Phi) is 4.60. The molecule has 0 unspecified atom stereocenters. The van der Waals surface area contributed by atoms with Crippen LogP contribution in [0.2, 0.25) is 0 Å². The lowest BCUT2D eigenvalue weighted by atomic mass is 9.70. The zero-order valence-electron chi connectivity index (χ0n) is 12.9. The lowest BCUT2D eigenvalue weighted by Gasteiger charge is -2.41. The van der Waals surface area contributed by atoms with Crippen molar-refractivity contribution in [2.45, 2.75) is 39.1 Å². The number of halogens is 4. The van der Waals surface area contributed by atoms with Gasteiger partial charge in [0.2, 0.25) is 0 Å². The van der Waals surface area contributed by atoms with Gasteiger partial charge in [-0.05, 0) is 23.1 Å². The van der Waals surface area contributed by atoms with Gasteiger partial charge in [0.15, 0.2) is 0 Å². The van der Waals surface area contributed by atoms with Gasteiger partial charge < -0.3 is 5.11 Å². The summed E-state index contributed by atoms with van der Waals surface area (Å²) in [5.74, 6) is 0. The molecule has 23 heavy (non-hydrogen) atoms. The van der Waals surface area contributed by atoms with Crippen LogP contribution in [0, 0.1) is 5.41 Å². The van der Waals surface area contributed by atoms with Crippen molar-refractivity contribution in [2.24, 2.45) is 5.41 Å². The van der Waals surface area contributed by atoms with E-state index in [0.29, 0.717) is 4.47 Å². The summed E-state index contributed by atoms with van der Waals surface area (Å²) in [4.78, 5) is 3.78. The molecule has 0 saturated carbocycles. The fourth-order valence-corrected chi connectivity index (χ4v) is 2.75. The number of alkyl halides is 3. The lowest BCUT2D eigenvalue weighted by molar-refractivity contribution is -0.145. The quantitative estimate of drug-likeness (QED) is 0.860. The van der Waals surface area contributed by atoms with Gasteiger partial charge in [-0.25, -0.2) is 9.67 Å². The van der Waals surface area contributed by atoms with E-state index in [1.165, 1.54) is 29.5 Å². The van der Waals surface area contributed by atoms with E-state index in [1.807, 2.05) is 0 Å². The molecule has 1 N–H and O–H groups in total. The van der Waals surface area contributed by atoms with E-state index in [1.54, 1.807) is 20.8 Å². The maximum absolute atomic E-state index is 13.5. The van der Waals surface area contributed by atoms with E-state index in [0.717, 1.165) is 6.07 Å². The monoisotopic (exact) mass is 391 g/mol. The Morgan fingerprint density at radius 2 is 1.83 bits per heavy atom. The first-order valence-electron chi connectivity index (χ1n) is 6.87. The SMILES string of the molecule is CC(C)(C)[C@@](O)(Cn1cncn1)c1ccc(Br)cc1C(F)(F)F. The summed E-state index contributed by atoms with van der Waals surface area (Å²) in [6, 6.07) is 3.77. The van der Waals surface area contributed by atoms with Gasteiger partial charge in [-0.15, -0.1) is 0 Å². The van der Waals surface area contributed by atoms with Gasteiger partial charge in [0.1, 0.15) is 18.3 Å². The van der Waals surface area contributed by atoms with Gasteiger partial charge in [0.25, 0.3) is 0 Å². The van der Waals surface area contributed by atoms with Crippen molar-refractivity contribution in [2.75, 3.05) is 0 Å². The van der Waals surface area contributed by atoms with E-state index < -0.39 is 22.8 Å². The molecule has 0 bridgehead atoms. The largest absolute Gasteiger partial charge is 0.416 e. The molecule has 0 spiro atoms. The Bertz CT molecular complexity index is 680. The molecule has 0 radical (unpaired) electrons. The molecule has 2 aromatic rings. The van der Waals surface area contributed by atoms with Crippen LogP contribution in [0.1, 0.15) is 31.9 Å². The fraction of sp³-hybridized carbons (Fsp3) is 0.467. The highest BCUT2D eigenvalue weighted by atomic mass is 79.9. The first-order chi connectivity index (χ1) is 10.4. The second-order valence-corrected chi connectivity index (χ2v) is 7.31. The zero-order chi connectivity index (χ0) is 17.5. The van der Waals surface area contributed by atoms with E-state index in [9.17, 15) is 18.3 Å². The van der Waals surface area contributed by atoms with Gasteiger partial charge in [0, 0.05) is 4.47 Å². The van der Waals surface area contributed by atoms with Crippen LogP contribution in [0.3, 0.4) is 0 Å². The zero-order valence-corrected chi connectivity index (χ0v) is 14.5. The molecule has 1 aromatic heterocycles. The molecule has 0 aliphatic heterocycles. The summed E-state index contributed by atoms with van der Waals surface area (Å²) < 4.78 is 42.0. The maximum Gasteiger partial charge on any atom is 0.416 e. The second-order valence-electron chi connectivity index (χ2n) is 6.39. The van der Waals surface area contributed by atoms with E-state index in [4.69, 9.17) is 0 Å². The minimum Gasteiger partial charge on any atom is -0.383 e. The number of nitrogens with zero attached hydrogens (tertiary/aromatic N) is 3.